The Morgan fingerprint density at radius 1 is 1.14 bits per heavy atom. The second kappa shape index (κ2) is 8.18. The Morgan fingerprint density at radius 2 is 1.75 bits per heavy atom. The second-order valence-electron chi connectivity index (χ2n) is 6.97. The number of sulfone groups is 1. The predicted molar refractivity (Wildman–Crippen MR) is 103 cm³/mol. The predicted octanol–water partition coefficient (Wildman–Crippen LogP) is 3.67. The van der Waals surface area contributed by atoms with Gasteiger partial charge in [0.2, 0.25) is 0 Å². The maximum absolute atomic E-state index is 14.4. The Balaban J connectivity index is 1.62. The van der Waals surface area contributed by atoms with E-state index in [2.05, 4.69) is 0 Å². The van der Waals surface area contributed by atoms with Crippen molar-refractivity contribution >= 4 is 15.9 Å². The lowest BCUT2D eigenvalue weighted by atomic mass is 9.98. The lowest BCUT2D eigenvalue weighted by Crippen LogP contribution is -2.38. The van der Waals surface area contributed by atoms with Crippen molar-refractivity contribution in [2.75, 3.05) is 26.0 Å². The number of piperidine rings is 1. The van der Waals surface area contributed by atoms with Crippen molar-refractivity contribution < 1.29 is 27.4 Å². The Kier molecular flexibility index (Phi) is 5.88. The van der Waals surface area contributed by atoms with Crippen LogP contribution in [-0.2, 0) is 9.84 Å². The highest BCUT2D eigenvalue weighted by atomic mass is 32.2. The normalized spacial score (nSPS) is 15.4. The van der Waals surface area contributed by atoms with Crippen LogP contribution < -0.4 is 4.74 Å². The van der Waals surface area contributed by atoms with Crippen molar-refractivity contribution in [2.24, 2.45) is 5.92 Å². The zero-order valence-corrected chi connectivity index (χ0v) is 16.3. The largest absolute Gasteiger partial charge is 0.490 e. The number of ether oxygens (including phenoxy) is 1. The van der Waals surface area contributed by atoms with Crippen LogP contribution in [0.4, 0.5) is 9.18 Å². The zero-order chi connectivity index (χ0) is 20.3. The van der Waals surface area contributed by atoms with E-state index < -0.39 is 21.7 Å². The van der Waals surface area contributed by atoms with E-state index in [1.54, 1.807) is 24.3 Å². The molecule has 1 N–H and O–H groups in total. The summed E-state index contributed by atoms with van der Waals surface area (Å²) < 4.78 is 43.1. The van der Waals surface area contributed by atoms with E-state index in [0.717, 1.165) is 6.26 Å². The molecule has 0 bridgehead atoms. The van der Waals surface area contributed by atoms with Gasteiger partial charge in [0.05, 0.1) is 11.5 Å². The van der Waals surface area contributed by atoms with Crippen molar-refractivity contribution in [1.82, 2.24) is 4.90 Å². The average molecular weight is 407 g/mol. The highest BCUT2D eigenvalue weighted by Crippen LogP contribution is 2.27. The minimum absolute atomic E-state index is 0.150. The number of nitrogens with zero attached hydrogens (tertiary/aromatic N) is 1. The van der Waals surface area contributed by atoms with Crippen LogP contribution in [0.2, 0.25) is 0 Å². The number of hydrogen-bond acceptors (Lipinski definition) is 4. The van der Waals surface area contributed by atoms with Gasteiger partial charge >= 0.3 is 6.09 Å². The SMILES string of the molecule is CS(=O)(=O)c1ccc(-c2ccc(OCC3CCN(C(=O)O)CC3)c(F)c2)cc1. The van der Waals surface area contributed by atoms with Crippen LogP contribution in [0.3, 0.4) is 0 Å². The van der Waals surface area contributed by atoms with Crippen LogP contribution in [0.15, 0.2) is 47.4 Å². The number of carbonyl (C=O) groups is 1. The number of hydrogen-bond donors (Lipinski definition) is 1. The van der Waals surface area contributed by atoms with Gasteiger partial charge in [0.15, 0.2) is 21.4 Å². The molecule has 0 aromatic heterocycles. The molecule has 0 spiro atoms. The Labute approximate surface area is 163 Å². The third-order valence-corrected chi connectivity index (χ3v) is 6.04. The maximum atomic E-state index is 14.4. The van der Waals surface area contributed by atoms with Gasteiger partial charge in [-0.1, -0.05) is 18.2 Å². The molecule has 0 unspecified atom stereocenters. The molecule has 150 valence electrons. The van der Waals surface area contributed by atoms with Crippen LogP contribution in [0, 0.1) is 11.7 Å². The van der Waals surface area contributed by atoms with E-state index in [4.69, 9.17) is 9.84 Å². The van der Waals surface area contributed by atoms with Gasteiger partial charge in [0, 0.05) is 19.3 Å². The molecule has 0 atom stereocenters. The first-order valence-corrected chi connectivity index (χ1v) is 10.8. The molecule has 0 aliphatic carbocycles. The third-order valence-electron chi connectivity index (χ3n) is 4.91. The van der Waals surface area contributed by atoms with Gasteiger partial charge < -0.3 is 14.7 Å². The lowest BCUT2D eigenvalue weighted by molar-refractivity contribution is 0.111. The van der Waals surface area contributed by atoms with E-state index in [1.165, 1.54) is 23.1 Å². The fourth-order valence-corrected chi connectivity index (χ4v) is 3.82. The first-order valence-electron chi connectivity index (χ1n) is 8.95. The van der Waals surface area contributed by atoms with E-state index in [0.29, 0.717) is 43.7 Å². The maximum Gasteiger partial charge on any atom is 0.407 e. The van der Waals surface area contributed by atoms with Crippen LogP contribution in [0.25, 0.3) is 11.1 Å². The first-order chi connectivity index (χ1) is 13.2. The Bertz CT molecular complexity index is 951. The quantitative estimate of drug-likeness (QED) is 0.818. The molecular formula is C20H22FNO5S. The van der Waals surface area contributed by atoms with Gasteiger partial charge in [-0.3, -0.25) is 0 Å². The van der Waals surface area contributed by atoms with Crippen molar-refractivity contribution in [3.8, 4) is 16.9 Å². The summed E-state index contributed by atoms with van der Waals surface area (Å²) in [6, 6.07) is 10.9. The van der Waals surface area contributed by atoms with Gasteiger partial charge in [-0.05, 0) is 54.2 Å². The van der Waals surface area contributed by atoms with Crippen molar-refractivity contribution in [1.29, 1.82) is 0 Å². The van der Waals surface area contributed by atoms with Gasteiger partial charge in [0.25, 0.3) is 0 Å². The Hall–Kier alpha value is -2.61. The smallest absolute Gasteiger partial charge is 0.407 e. The van der Waals surface area contributed by atoms with Crippen LogP contribution in [0.5, 0.6) is 5.75 Å². The minimum atomic E-state index is -3.27. The summed E-state index contributed by atoms with van der Waals surface area (Å²) in [5.41, 5.74) is 1.33. The summed E-state index contributed by atoms with van der Waals surface area (Å²) in [5, 5.41) is 8.96. The minimum Gasteiger partial charge on any atom is -0.490 e. The monoisotopic (exact) mass is 407 g/mol. The molecule has 1 fully saturated rings. The van der Waals surface area contributed by atoms with Gasteiger partial charge in [0.1, 0.15) is 0 Å². The van der Waals surface area contributed by atoms with Gasteiger partial charge in [-0.15, -0.1) is 0 Å². The molecular weight excluding hydrogens is 385 g/mol. The fourth-order valence-electron chi connectivity index (χ4n) is 3.19. The second-order valence-corrected chi connectivity index (χ2v) is 8.98. The summed E-state index contributed by atoms with van der Waals surface area (Å²) in [4.78, 5) is 12.5. The molecule has 2 aromatic rings. The first kappa shape index (κ1) is 20.1. The number of carboxylic acid groups (broad SMARTS) is 1. The van der Waals surface area contributed by atoms with Gasteiger partial charge in [-0.2, -0.15) is 0 Å². The topological polar surface area (TPSA) is 83.9 Å². The molecule has 6 nitrogen and oxygen atoms in total. The summed E-state index contributed by atoms with van der Waals surface area (Å²) in [6.45, 7) is 1.27. The molecule has 1 saturated heterocycles. The van der Waals surface area contributed by atoms with Crippen LogP contribution in [0.1, 0.15) is 12.8 Å². The van der Waals surface area contributed by atoms with Crippen LogP contribution >= 0.6 is 0 Å². The van der Waals surface area contributed by atoms with E-state index >= 15 is 0 Å². The van der Waals surface area contributed by atoms with Crippen molar-refractivity contribution in [3.05, 3.63) is 48.3 Å². The number of likely N-dealkylation sites (tertiary alicyclic amines) is 1. The third kappa shape index (κ3) is 4.81. The fraction of sp³-hybridized carbons (Fsp3) is 0.350. The molecule has 0 saturated carbocycles. The molecule has 3 rings (SSSR count). The molecule has 8 heteroatoms. The number of rotatable bonds is 5. The average Bonchev–Trinajstić information content (AvgIpc) is 2.67. The molecule has 1 aliphatic heterocycles. The van der Waals surface area contributed by atoms with Crippen LogP contribution in [-0.4, -0.2) is 50.5 Å². The van der Waals surface area contributed by atoms with Gasteiger partial charge in [-0.25, -0.2) is 17.6 Å². The molecule has 2 aromatic carbocycles. The van der Waals surface area contributed by atoms with E-state index in [1.807, 2.05) is 0 Å². The van der Waals surface area contributed by atoms with Crippen molar-refractivity contribution in [2.45, 2.75) is 17.7 Å². The van der Waals surface area contributed by atoms with E-state index in [-0.39, 0.29) is 16.6 Å². The highest BCUT2D eigenvalue weighted by Gasteiger charge is 2.23. The molecule has 0 radical (unpaired) electrons. The Morgan fingerprint density at radius 3 is 2.29 bits per heavy atom. The molecule has 1 aliphatic rings. The zero-order valence-electron chi connectivity index (χ0n) is 15.5. The number of amides is 1. The summed E-state index contributed by atoms with van der Waals surface area (Å²) >= 11 is 0. The van der Waals surface area contributed by atoms with E-state index in [9.17, 15) is 17.6 Å². The summed E-state index contributed by atoms with van der Waals surface area (Å²) in [6.07, 6.45) is 1.61. The standard InChI is InChI=1S/C20H22FNO5S/c1-28(25,26)17-5-2-15(3-6-17)16-4-7-19(18(21)12-16)27-13-14-8-10-22(11-9-14)20(23)24/h2-7,12,14H,8-11,13H2,1H3,(H,23,24). The lowest BCUT2D eigenvalue weighted by Gasteiger charge is -2.29. The molecule has 1 heterocycles. The summed E-state index contributed by atoms with van der Waals surface area (Å²) in [5.74, 6) is -0.150. The highest BCUT2D eigenvalue weighted by molar-refractivity contribution is 7.90. The molecule has 1 amide bonds. The number of benzene rings is 2. The summed E-state index contributed by atoms with van der Waals surface area (Å²) in [7, 11) is -3.27. The number of halogens is 1. The van der Waals surface area contributed by atoms with Crippen molar-refractivity contribution in [3.63, 3.8) is 0 Å². The molecule has 28 heavy (non-hydrogen) atoms.